The number of carbonyl (C=O) groups is 4. The first-order chi connectivity index (χ1) is 13.3. The lowest BCUT2D eigenvalue weighted by Gasteiger charge is -2.25. The molecule has 1 aliphatic heterocycles. The van der Waals surface area contributed by atoms with E-state index in [1.54, 1.807) is 36.1 Å². The summed E-state index contributed by atoms with van der Waals surface area (Å²) in [6, 6.07) is 6.63. The van der Waals surface area contributed by atoms with Gasteiger partial charge in [0.15, 0.2) is 0 Å². The zero-order valence-electron chi connectivity index (χ0n) is 16.6. The number of nitrogens with zero attached hydrogens (tertiary/aromatic N) is 3. The third-order valence-electron chi connectivity index (χ3n) is 4.49. The summed E-state index contributed by atoms with van der Waals surface area (Å²) in [5.74, 6) is -1.31. The molecule has 1 aliphatic rings. The van der Waals surface area contributed by atoms with Crippen LogP contribution >= 0.6 is 0 Å². The molecule has 0 unspecified atom stereocenters. The minimum absolute atomic E-state index is 0.0156. The molecule has 0 fully saturated rings. The van der Waals surface area contributed by atoms with Gasteiger partial charge in [0.25, 0.3) is 11.8 Å². The predicted octanol–water partition coefficient (Wildman–Crippen LogP) is 1.02. The van der Waals surface area contributed by atoms with Gasteiger partial charge < -0.3 is 14.5 Å². The fourth-order valence-corrected chi connectivity index (χ4v) is 2.95. The van der Waals surface area contributed by atoms with Crippen LogP contribution in [0.1, 0.15) is 40.5 Å². The Morgan fingerprint density at radius 3 is 2.11 bits per heavy atom. The van der Waals surface area contributed by atoms with Crippen molar-refractivity contribution in [1.82, 2.24) is 14.7 Å². The van der Waals surface area contributed by atoms with Gasteiger partial charge in [0.2, 0.25) is 5.91 Å². The Bertz CT molecular complexity index is 712. The fourth-order valence-electron chi connectivity index (χ4n) is 2.95. The van der Waals surface area contributed by atoms with Gasteiger partial charge >= 0.3 is 5.97 Å². The van der Waals surface area contributed by atoms with Crippen molar-refractivity contribution >= 4 is 23.7 Å². The maximum atomic E-state index is 12.7. The molecule has 1 aromatic carbocycles. The smallest absolute Gasteiger partial charge is 0.307 e. The van der Waals surface area contributed by atoms with Crippen LogP contribution < -0.4 is 0 Å². The summed E-state index contributed by atoms with van der Waals surface area (Å²) in [7, 11) is 3.79. The van der Waals surface area contributed by atoms with Crippen LogP contribution in [-0.4, -0.2) is 85.3 Å². The van der Waals surface area contributed by atoms with Crippen LogP contribution in [0.15, 0.2) is 24.3 Å². The number of likely N-dealkylation sites (N-methyl/N-ethyl adjacent to an activating group) is 1. The summed E-state index contributed by atoms with van der Waals surface area (Å²) in [5.41, 5.74) is 0.735. The molecule has 28 heavy (non-hydrogen) atoms. The van der Waals surface area contributed by atoms with Gasteiger partial charge in [-0.05, 0) is 33.2 Å². The van der Waals surface area contributed by atoms with Crippen LogP contribution in [0, 0.1) is 0 Å². The van der Waals surface area contributed by atoms with Gasteiger partial charge in [-0.25, -0.2) is 0 Å². The Morgan fingerprint density at radius 2 is 1.57 bits per heavy atom. The molecule has 2 rings (SSSR count). The van der Waals surface area contributed by atoms with Crippen LogP contribution in [0.4, 0.5) is 0 Å². The quantitative estimate of drug-likeness (QED) is 0.439. The van der Waals surface area contributed by atoms with Crippen LogP contribution in [0.5, 0.6) is 0 Å². The molecule has 1 aromatic rings. The van der Waals surface area contributed by atoms with Gasteiger partial charge in [-0.1, -0.05) is 12.1 Å². The first-order valence-corrected chi connectivity index (χ1v) is 9.38. The molecule has 8 heteroatoms. The van der Waals surface area contributed by atoms with Gasteiger partial charge in [0, 0.05) is 32.6 Å². The summed E-state index contributed by atoms with van der Waals surface area (Å²) < 4.78 is 4.92. The van der Waals surface area contributed by atoms with E-state index in [1.807, 2.05) is 19.0 Å². The molecule has 0 aliphatic carbocycles. The van der Waals surface area contributed by atoms with Crippen molar-refractivity contribution in [3.05, 3.63) is 35.4 Å². The van der Waals surface area contributed by atoms with Crippen LogP contribution in [0.3, 0.4) is 0 Å². The molecule has 1 heterocycles. The second-order valence-electron chi connectivity index (χ2n) is 6.80. The van der Waals surface area contributed by atoms with E-state index in [0.29, 0.717) is 30.8 Å². The predicted molar refractivity (Wildman–Crippen MR) is 103 cm³/mol. The molecule has 0 saturated heterocycles. The number of esters is 1. The number of hydrogen-bond donors (Lipinski definition) is 0. The van der Waals surface area contributed by atoms with Gasteiger partial charge in [-0.2, -0.15) is 0 Å². The Kier molecular flexibility index (Phi) is 7.69. The summed E-state index contributed by atoms with van der Waals surface area (Å²) in [6.07, 6.45) is 0.127. The van der Waals surface area contributed by atoms with Crippen molar-refractivity contribution < 1.29 is 23.9 Å². The molecular weight excluding hydrogens is 362 g/mol. The SMILES string of the molecule is CCOC(=O)CCN(CCN(C)C)C(=O)CCN1C(=O)c2ccccc2C1=O. The number of rotatable bonds is 10. The zero-order chi connectivity index (χ0) is 20.7. The Hall–Kier alpha value is -2.74. The fraction of sp³-hybridized carbons (Fsp3) is 0.500. The second-order valence-corrected chi connectivity index (χ2v) is 6.80. The first kappa shape index (κ1) is 21.6. The monoisotopic (exact) mass is 389 g/mol. The largest absolute Gasteiger partial charge is 0.466 e. The van der Waals surface area contributed by atoms with E-state index in [0.717, 1.165) is 4.90 Å². The lowest BCUT2D eigenvalue weighted by Crippen LogP contribution is -2.40. The highest BCUT2D eigenvalue weighted by Crippen LogP contribution is 2.22. The van der Waals surface area contributed by atoms with E-state index in [2.05, 4.69) is 0 Å². The molecular formula is C20H27N3O5. The van der Waals surface area contributed by atoms with Crippen molar-refractivity contribution in [2.45, 2.75) is 19.8 Å². The summed E-state index contributed by atoms with van der Waals surface area (Å²) in [4.78, 5) is 53.7. The number of fused-ring (bicyclic) bond motifs is 1. The van der Waals surface area contributed by atoms with Crippen molar-refractivity contribution in [1.29, 1.82) is 0 Å². The normalized spacial score (nSPS) is 13.1. The van der Waals surface area contributed by atoms with Gasteiger partial charge in [0.05, 0.1) is 24.2 Å². The lowest BCUT2D eigenvalue weighted by molar-refractivity contribution is -0.144. The second kappa shape index (κ2) is 9.98. The Morgan fingerprint density at radius 1 is 0.964 bits per heavy atom. The average Bonchev–Trinajstić information content (AvgIpc) is 2.90. The molecule has 0 spiro atoms. The van der Waals surface area contributed by atoms with E-state index in [-0.39, 0.29) is 49.6 Å². The van der Waals surface area contributed by atoms with E-state index >= 15 is 0 Å². The van der Waals surface area contributed by atoms with Gasteiger partial charge in [0.1, 0.15) is 0 Å². The van der Waals surface area contributed by atoms with Crippen molar-refractivity contribution in [3.8, 4) is 0 Å². The van der Waals surface area contributed by atoms with Crippen molar-refractivity contribution in [3.63, 3.8) is 0 Å². The van der Waals surface area contributed by atoms with Crippen LogP contribution in [-0.2, 0) is 14.3 Å². The van der Waals surface area contributed by atoms with Crippen LogP contribution in [0.2, 0.25) is 0 Å². The number of imide groups is 1. The highest BCUT2D eigenvalue weighted by atomic mass is 16.5. The third kappa shape index (κ3) is 5.39. The molecule has 0 aromatic heterocycles. The molecule has 152 valence electrons. The Balaban J connectivity index is 1.96. The van der Waals surface area contributed by atoms with Crippen molar-refractivity contribution in [2.24, 2.45) is 0 Å². The molecule has 0 atom stereocenters. The number of amides is 3. The number of ether oxygens (including phenoxy) is 1. The van der Waals surface area contributed by atoms with Gasteiger partial charge in [-0.15, -0.1) is 0 Å². The maximum Gasteiger partial charge on any atom is 0.307 e. The minimum atomic E-state index is -0.375. The molecule has 3 amide bonds. The zero-order valence-corrected chi connectivity index (χ0v) is 16.6. The topological polar surface area (TPSA) is 87.2 Å². The maximum absolute atomic E-state index is 12.7. The van der Waals surface area contributed by atoms with E-state index in [1.165, 1.54) is 0 Å². The molecule has 0 radical (unpaired) electrons. The molecule has 0 bridgehead atoms. The lowest BCUT2D eigenvalue weighted by atomic mass is 10.1. The number of benzene rings is 1. The molecule has 8 nitrogen and oxygen atoms in total. The standard InChI is InChI=1S/C20H27N3O5/c1-4-28-18(25)10-11-22(14-13-21(2)3)17(24)9-12-23-19(26)15-7-5-6-8-16(15)20(23)27/h5-8H,4,9-14H2,1-3H3. The van der Waals surface area contributed by atoms with Crippen LogP contribution in [0.25, 0.3) is 0 Å². The number of hydrogen-bond acceptors (Lipinski definition) is 6. The van der Waals surface area contributed by atoms with Gasteiger partial charge in [-0.3, -0.25) is 24.1 Å². The minimum Gasteiger partial charge on any atom is -0.466 e. The third-order valence-corrected chi connectivity index (χ3v) is 4.49. The summed E-state index contributed by atoms with van der Waals surface area (Å²) in [6.45, 7) is 3.38. The molecule has 0 saturated carbocycles. The first-order valence-electron chi connectivity index (χ1n) is 9.38. The van der Waals surface area contributed by atoms with Crippen molar-refractivity contribution in [2.75, 3.05) is 46.9 Å². The summed E-state index contributed by atoms with van der Waals surface area (Å²) >= 11 is 0. The van der Waals surface area contributed by atoms with E-state index < -0.39 is 0 Å². The van der Waals surface area contributed by atoms with E-state index in [4.69, 9.17) is 4.74 Å². The summed E-state index contributed by atoms with van der Waals surface area (Å²) in [5, 5.41) is 0. The number of carbonyl (C=O) groups excluding carboxylic acids is 4. The highest BCUT2D eigenvalue weighted by molar-refractivity contribution is 6.21. The average molecular weight is 389 g/mol. The molecule has 0 N–H and O–H groups in total. The Labute approximate surface area is 165 Å². The van der Waals surface area contributed by atoms with E-state index in [9.17, 15) is 19.2 Å². The highest BCUT2D eigenvalue weighted by Gasteiger charge is 2.35.